The molecule has 0 aliphatic heterocycles. The fraction of sp³-hybridized carbons (Fsp3) is 0. The number of rotatable bonds is 3. The highest BCUT2D eigenvalue weighted by Crippen LogP contribution is 2.32. The van der Waals surface area contributed by atoms with E-state index in [0.29, 0.717) is 10.5 Å². The molecule has 3 rings (SSSR count). The summed E-state index contributed by atoms with van der Waals surface area (Å²) in [5.74, 6) is -0.249. The summed E-state index contributed by atoms with van der Waals surface area (Å²) in [7, 11) is 0. The molecule has 0 N–H and O–H groups in total. The van der Waals surface area contributed by atoms with Crippen LogP contribution in [0.2, 0.25) is 0 Å². The minimum Gasteiger partial charge on any atom is -0.289 e. The predicted molar refractivity (Wildman–Crippen MR) is 84.8 cm³/mol. The van der Waals surface area contributed by atoms with Crippen molar-refractivity contribution in [3.8, 4) is 0 Å². The highest BCUT2D eigenvalue weighted by molar-refractivity contribution is 8.04. The largest absolute Gasteiger partial charge is 0.289 e. The first-order valence-electron chi connectivity index (χ1n) is 6.54. The normalized spacial score (nSPS) is 14.7. The van der Waals surface area contributed by atoms with Crippen LogP contribution in [-0.4, -0.2) is 11.6 Å². The lowest BCUT2D eigenvalue weighted by molar-refractivity contribution is -0.113. The molecule has 0 saturated heterocycles. The number of hydrogen-bond donors (Lipinski definition) is 0. The van der Waals surface area contributed by atoms with Gasteiger partial charge in [-0.3, -0.25) is 9.59 Å². The maximum Gasteiger partial charge on any atom is 0.193 e. The fourth-order valence-corrected chi connectivity index (χ4v) is 2.95. The van der Waals surface area contributed by atoms with E-state index in [-0.39, 0.29) is 11.6 Å². The number of allylic oxidation sites excluding steroid dienone is 4. The Morgan fingerprint density at radius 2 is 1.29 bits per heavy atom. The minimum absolute atomic E-state index is 0.123. The molecule has 1 aliphatic rings. The van der Waals surface area contributed by atoms with Crippen LogP contribution in [0.1, 0.15) is 5.56 Å². The first-order chi connectivity index (χ1) is 10.2. The van der Waals surface area contributed by atoms with Gasteiger partial charge < -0.3 is 0 Å². The van der Waals surface area contributed by atoms with Crippen molar-refractivity contribution < 1.29 is 9.59 Å². The van der Waals surface area contributed by atoms with Gasteiger partial charge in [0.25, 0.3) is 0 Å². The van der Waals surface area contributed by atoms with E-state index in [0.717, 1.165) is 10.5 Å². The van der Waals surface area contributed by atoms with Crippen LogP contribution in [0, 0.1) is 0 Å². The molecule has 0 saturated carbocycles. The molecule has 0 amide bonds. The highest BCUT2D eigenvalue weighted by atomic mass is 32.2. The average Bonchev–Trinajstić information content (AvgIpc) is 2.52. The predicted octanol–water partition coefficient (Wildman–Crippen LogP) is 3.90. The molecule has 0 radical (unpaired) electrons. The van der Waals surface area contributed by atoms with Crippen LogP contribution in [-0.2, 0) is 9.59 Å². The number of ketones is 2. The van der Waals surface area contributed by atoms with Gasteiger partial charge in [-0.25, -0.2) is 0 Å². The second-order valence-electron chi connectivity index (χ2n) is 4.58. The summed E-state index contributed by atoms with van der Waals surface area (Å²) in [6.07, 6.45) is 2.87. The number of benzene rings is 2. The van der Waals surface area contributed by atoms with Crippen LogP contribution < -0.4 is 0 Å². The smallest absolute Gasteiger partial charge is 0.193 e. The maximum absolute atomic E-state index is 12.2. The molecule has 102 valence electrons. The third-order valence-electron chi connectivity index (χ3n) is 3.10. The Morgan fingerprint density at radius 1 is 0.667 bits per heavy atom. The molecule has 0 unspecified atom stereocenters. The summed E-state index contributed by atoms with van der Waals surface area (Å²) >= 11 is 1.32. The van der Waals surface area contributed by atoms with Gasteiger partial charge in [0.15, 0.2) is 11.6 Å². The number of carbonyl (C=O) groups excluding carboxylic acids is 2. The van der Waals surface area contributed by atoms with Gasteiger partial charge in [-0.05, 0) is 23.8 Å². The minimum atomic E-state index is -0.126. The first kappa shape index (κ1) is 13.6. The summed E-state index contributed by atoms with van der Waals surface area (Å²) in [5.41, 5.74) is 1.23. The van der Waals surface area contributed by atoms with Crippen molar-refractivity contribution in [3.05, 3.63) is 83.3 Å². The van der Waals surface area contributed by atoms with Gasteiger partial charge in [-0.15, -0.1) is 0 Å². The van der Waals surface area contributed by atoms with Gasteiger partial charge in [-0.1, -0.05) is 60.3 Å². The van der Waals surface area contributed by atoms with E-state index >= 15 is 0 Å². The Kier molecular flexibility index (Phi) is 3.84. The molecule has 1 aliphatic carbocycles. The Bertz CT molecular complexity index is 743. The van der Waals surface area contributed by atoms with Crippen LogP contribution in [0.15, 0.2) is 82.6 Å². The zero-order valence-electron chi connectivity index (χ0n) is 11.2. The van der Waals surface area contributed by atoms with E-state index < -0.39 is 0 Å². The van der Waals surface area contributed by atoms with E-state index in [1.54, 1.807) is 0 Å². The third kappa shape index (κ3) is 3.03. The highest BCUT2D eigenvalue weighted by Gasteiger charge is 2.21. The van der Waals surface area contributed by atoms with Gasteiger partial charge in [0.05, 0.1) is 4.91 Å². The SMILES string of the molecule is O=C1C=C(c2ccccc2)C(=O)C=C1Sc1ccccc1. The number of thioether (sulfide) groups is 1. The molecule has 2 nitrogen and oxygen atoms in total. The standard InChI is InChI=1S/C18H12O2S/c19-16-12-18(21-14-9-5-2-6-10-14)17(20)11-15(16)13-7-3-1-4-8-13/h1-12H. The topological polar surface area (TPSA) is 34.1 Å². The van der Waals surface area contributed by atoms with E-state index in [1.807, 2.05) is 60.7 Å². The van der Waals surface area contributed by atoms with Gasteiger partial charge >= 0.3 is 0 Å². The summed E-state index contributed by atoms with van der Waals surface area (Å²) in [5, 5.41) is 0. The lowest BCUT2D eigenvalue weighted by Crippen LogP contribution is -2.10. The molecule has 2 aromatic rings. The summed E-state index contributed by atoms with van der Waals surface area (Å²) in [6, 6.07) is 18.8. The average molecular weight is 292 g/mol. The van der Waals surface area contributed by atoms with Gasteiger partial charge in [0, 0.05) is 16.5 Å². The van der Waals surface area contributed by atoms with E-state index in [1.165, 1.54) is 23.9 Å². The van der Waals surface area contributed by atoms with Crippen molar-refractivity contribution in [2.45, 2.75) is 4.90 Å². The van der Waals surface area contributed by atoms with Gasteiger partial charge in [-0.2, -0.15) is 0 Å². The Hall–Kier alpha value is -2.39. The molecule has 0 atom stereocenters. The Labute approximate surface area is 127 Å². The first-order valence-corrected chi connectivity index (χ1v) is 7.36. The molecule has 3 heteroatoms. The van der Waals surface area contributed by atoms with Gasteiger partial charge in [0.2, 0.25) is 0 Å². The zero-order valence-corrected chi connectivity index (χ0v) is 12.0. The number of hydrogen-bond acceptors (Lipinski definition) is 3. The maximum atomic E-state index is 12.2. The van der Waals surface area contributed by atoms with Crippen molar-refractivity contribution in [3.63, 3.8) is 0 Å². The number of carbonyl (C=O) groups is 2. The second-order valence-corrected chi connectivity index (χ2v) is 5.69. The van der Waals surface area contributed by atoms with Crippen molar-refractivity contribution in [1.82, 2.24) is 0 Å². The van der Waals surface area contributed by atoms with Crippen molar-refractivity contribution in [2.75, 3.05) is 0 Å². The molecule has 2 aromatic carbocycles. The van der Waals surface area contributed by atoms with Crippen LogP contribution in [0.5, 0.6) is 0 Å². The molecule has 0 bridgehead atoms. The van der Waals surface area contributed by atoms with E-state index in [2.05, 4.69) is 0 Å². The molecule has 0 spiro atoms. The van der Waals surface area contributed by atoms with Crippen LogP contribution in [0.4, 0.5) is 0 Å². The third-order valence-corrected chi connectivity index (χ3v) is 4.15. The van der Waals surface area contributed by atoms with Crippen molar-refractivity contribution in [2.24, 2.45) is 0 Å². The second kappa shape index (κ2) is 5.94. The van der Waals surface area contributed by atoms with Crippen molar-refractivity contribution >= 4 is 28.9 Å². The van der Waals surface area contributed by atoms with Crippen LogP contribution in [0.3, 0.4) is 0 Å². The Morgan fingerprint density at radius 3 is 1.95 bits per heavy atom. The summed E-state index contributed by atoms with van der Waals surface area (Å²) < 4.78 is 0. The molecular weight excluding hydrogens is 280 g/mol. The van der Waals surface area contributed by atoms with E-state index in [4.69, 9.17) is 0 Å². The monoisotopic (exact) mass is 292 g/mol. The quantitative estimate of drug-likeness (QED) is 0.805. The lowest BCUT2D eigenvalue weighted by Gasteiger charge is -2.12. The molecule has 0 fully saturated rings. The Balaban J connectivity index is 1.86. The molecule has 0 heterocycles. The summed E-state index contributed by atoms with van der Waals surface area (Å²) in [4.78, 5) is 25.9. The molecule has 0 aromatic heterocycles. The summed E-state index contributed by atoms with van der Waals surface area (Å²) in [6.45, 7) is 0. The van der Waals surface area contributed by atoms with Gasteiger partial charge in [0.1, 0.15) is 0 Å². The lowest BCUT2D eigenvalue weighted by atomic mass is 9.96. The zero-order chi connectivity index (χ0) is 14.7. The van der Waals surface area contributed by atoms with Crippen molar-refractivity contribution in [1.29, 1.82) is 0 Å². The molecule has 21 heavy (non-hydrogen) atoms. The fourth-order valence-electron chi connectivity index (χ4n) is 2.08. The molecular formula is C18H12O2S. The van der Waals surface area contributed by atoms with Crippen LogP contribution in [0.25, 0.3) is 5.57 Å². The van der Waals surface area contributed by atoms with Crippen LogP contribution >= 0.6 is 11.8 Å². The van der Waals surface area contributed by atoms with E-state index in [9.17, 15) is 9.59 Å².